The van der Waals surface area contributed by atoms with Gasteiger partial charge in [0.25, 0.3) is 5.91 Å². The molecule has 0 aromatic carbocycles. The van der Waals surface area contributed by atoms with Gasteiger partial charge in [0.2, 0.25) is 0 Å². The fraction of sp³-hybridized carbons (Fsp3) is 0.611. The molecule has 1 aromatic rings. The van der Waals surface area contributed by atoms with Gasteiger partial charge < -0.3 is 15.4 Å². The van der Waals surface area contributed by atoms with E-state index in [4.69, 9.17) is 4.74 Å². The summed E-state index contributed by atoms with van der Waals surface area (Å²) in [7, 11) is 1.65. The summed E-state index contributed by atoms with van der Waals surface area (Å²) in [5.74, 6) is 1.13. The zero-order valence-electron chi connectivity index (χ0n) is 14.7. The van der Waals surface area contributed by atoms with Crippen LogP contribution in [0.25, 0.3) is 0 Å². The molecule has 6 heteroatoms. The number of carbonyl (C=O) groups excluding carboxylic acids is 1. The Labute approximate surface area is 144 Å². The van der Waals surface area contributed by atoms with E-state index >= 15 is 0 Å². The summed E-state index contributed by atoms with van der Waals surface area (Å²) in [5, 5.41) is 6.16. The fourth-order valence-electron chi connectivity index (χ4n) is 2.77. The lowest BCUT2D eigenvalue weighted by molar-refractivity contribution is 0.0943. The third-order valence-electron chi connectivity index (χ3n) is 4.02. The number of allylic oxidation sites excluding steroid dienone is 1. The predicted molar refractivity (Wildman–Crippen MR) is 95.3 cm³/mol. The molecule has 0 aliphatic heterocycles. The molecule has 2 N–H and O–H groups in total. The molecule has 0 saturated heterocycles. The smallest absolute Gasteiger partial charge is 0.270 e. The van der Waals surface area contributed by atoms with Gasteiger partial charge in [0.05, 0.1) is 0 Å². The van der Waals surface area contributed by atoms with E-state index in [1.54, 1.807) is 20.1 Å². The van der Waals surface area contributed by atoms with Crippen LogP contribution >= 0.6 is 0 Å². The van der Waals surface area contributed by atoms with Crippen molar-refractivity contribution in [2.75, 3.05) is 32.1 Å². The van der Waals surface area contributed by atoms with Crippen molar-refractivity contribution in [1.29, 1.82) is 0 Å². The highest BCUT2D eigenvalue weighted by Crippen LogP contribution is 2.20. The average molecular weight is 332 g/mol. The number of anilines is 1. The largest absolute Gasteiger partial charge is 0.385 e. The van der Waals surface area contributed by atoms with E-state index < -0.39 is 0 Å². The zero-order valence-corrected chi connectivity index (χ0v) is 14.7. The highest BCUT2D eigenvalue weighted by molar-refractivity contribution is 5.92. The molecule has 1 aliphatic carbocycles. The van der Waals surface area contributed by atoms with Gasteiger partial charge in [0.1, 0.15) is 17.3 Å². The molecule has 24 heavy (non-hydrogen) atoms. The molecule has 1 heterocycles. The molecule has 132 valence electrons. The minimum absolute atomic E-state index is 0.172. The number of hydrogen-bond donors (Lipinski definition) is 2. The van der Waals surface area contributed by atoms with Crippen molar-refractivity contribution in [3.05, 3.63) is 29.2 Å². The topological polar surface area (TPSA) is 76.1 Å². The summed E-state index contributed by atoms with van der Waals surface area (Å²) < 4.78 is 4.97. The van der Waals surface area contributed by atoms with Crippen molar-refractivity contribution >= 4 is 11.7 Å². The predicted octanol–water partition coefficient (Wildman–Crippen LogP) is 2.85. The second-order valence-electron chi connectivity index (χ2n) is 6.07. The molecule has 1 aromatic heterocycles. The van der Waals surface area contributed by atoms with Gasteiger partial charge in [-0.1, -0.05) is 11.6 Å². The van der Waals surface area contributed by atoms with Crippen LogP contribution in [0.3, 0.4) is 0 Å². The fourth-order valence-corrected chi connectivity index (χ4v) is 2.77. The first kappa shape index (κ1) is 18.4. The Kier molecular flexibility index (Phi) is 7.68. The van der Waals surface area contributed by atoms with Crippen LogP contribution in [0.15, 0.2) is 17.7 Å². The minimum Gasteiger partial charge on any atom is -0.385 e. The van der Waals surface area contributed by atoms with E-state index in [-0.39, 0.29) is 5.91 Å². The van der Waals surface area contributed by atoms with Gasteiger partial charge in [0.15, 0.2) is 0 Å². The molecule has 0 spiro atoms. The SMILES string of the molecule is COCCCNC(=O)c1cc(NCCC2=CCCCC2)nc(C)n1. The molecule has 0 fully saturated rings. The van der Waals surface area contributed by atoms with Crippen molar-refractivity contribution in [3.63, 3.8) is 0 Å². The Bertz CT molecular complexity index is 572. The van der Waals surface area contributed by atoms with Crippen LogP contribution in [0.2, 0.25) is 0 Å². The molecule has 2 rings (SSSR count). The van der Waals surface area contributed by atoms with Crippen molar-refractivity contribution in [2.24, 2.45) is 0 Å². The first-order chi connectivity index (χ1) is 11.7. The molecule has 0 radical (unpaired) electrons. The van der Waals surface area contributed by atoms with E-state index in [2.05, 4.69) is 26.7 Å². The van der Waals surface area contributed by atoms with Crippen LogP contribution in [0.1, 0.15) is 54.8 Å². The van der Waals surface area contributed by atoms with Gasteiger partial charge in [-0.3, -0.25) is 4.79 Å². The number of rotatable bonds is 9. The highest BCUT2D eigenvalue weighted by atomic mass is 16.5. The summed E-state index contributed by atoms with van der Waals surface area (Å²) >= 11 is 0. The van der Waals surface area contributed by atoms with Crippen molar-refractivity contribution in [2.45, 2.75) is 45.4 Å². The maximum absolute atomic E-state index is 12.2. The molecular weight excluding hydrogens is 304 g/mol. The lowest BCUT2D eigenvalue weighted by Crippen LogP contribution is -2.26. The van der Waals surface area contributed by atoms with Crippen molar-refractivity contribution in [1.82, 2.24) is 15.3 Å². The number of amides is 1. The molecule has 0 unspecified atom stereocenters. The first-order valence-corrected chi connectivity index (χ1v) is 8.73. The van der Waals surface area contributed by atoms with Crippen molar-refractivity contribution < 1.29 is 9.53 Å². The lowest BCUT2D eigenvalue weighted by Gasteiger charge is -2.13. The van der Waals surface area contributed by atoms with E-state index in [9.17, 15) is 4.79 Å². The van der Waals surface area contributed by atoms with Gasteiger partial charge in [0, 0.05) is 32.9 Å². The van der Waals surface area contributed by atoms with Crippen LogP contribution in [-0.4, -0.2) is 42.7 Å². The summed E-state index contributed by atoms with van der Waals surface area (Å²) in [6.45, 7) is 3.84. The van der Waals surface area contributed by atoms with Gasteiger partial charge in [-0.25, -0.2) is 9.97 Å². The van der Waals surface area contributed by atoms with Gasteiger partial charge in [-0.2, -0.15) is 0 Å². The Morgan fingerprint density at radius 2 is 2.17 bits per heavy atom. The lowest BCUT2D eigenvalue weighted by atomic mass is 9.97. The number of nitrogens with zero attached hydrogens (tertiary/aromatic N) is 2. The minimum atomic E-state index is -0.172. The molecule has 1 amide bonds. The van der Waals surface area contributed by atoms with Crippen LogP contribution in [0.4, 0.5) is 5.82 Å². The number of methoxy groups -OCH3 is 1. The Hall–Kier alpha value is -1.95. The second-order valence-corrected chi connectivity index (χ2v) is 6.07. The number of hydrogen-bond acceptors (Lipinski definition) is 5. The van der Waals surface area contributed by atoms with E-state index in [0.717, 1.165) is 19.4 Å². The standard InChI is InChI=1S/C18H28N4O2/c1-14-21-16(18(23)20-10-6-12-24-2)13-17(22-14)19-11-9-15-7-4-3-5-8-15/h7,13H,3-6,8-12H2,1-2H3,(H,20,23)(H,19,21,22). The molecule has 0 atom stereocenters. The molecule has 0 bridgehead atoms. The summed E-state index contributed by atoms with van der Waals surface area (Å²) in [6, 6.07) is 1.72. The highest BCUT2D eigenvalue weighted by Gasteiger charge is 2.10. The van der Waals surface area contributed by atoms with E-state index in [0.29, 0.717) is 30.5 Å². The van der Waals surface area contributed by atoms with E-state index in [1.807, 2.05) is 0 Å². The number of aromatic nitrogens is 2. The van der Waals surface area contributed by atoms with E-state index in [1.165, 1.54) is 31.3 Å². The number of nitrogens with one attached hydrogen (secondary N) is 2. The average Bonchev–Trinajstić information content (AvgIpc) is 2.59. The number of carbonyl (C=O) groups is 1. The number of ether oxygens (including phenoxy) is 1. The molecule has 1 aliphatic rings. The Morgan fingerprint density at radius 1 is 1.29 bits per heavy atom. The van der Waals surface area contributed by atoms with Crippen LogP contribution < -0.4 is 10.6 Å². The maximum atomic E-state index is 12.2. The van der Waals surface area contributed by atoms with Crippen LogP contribution in [-0.2, 0) is 4.74 Å². The van der Waals surface area contributed by atoms with Gasteiger partial charge >= 0.3 is 0 Å². The van der Waals surface area contributed by atoms with Gasteiger partial charge in [-0.05, 0) is 45.4 Å². The second kappa shape index (κ2) is 10.0. The monoisotopic (exact) mass is 332 g/mol. The Morgan fingerprint density at radius 3 is 2.92 bits per heavy atom. The molecule has 0 saturated carbocycles. The zero-order chi connectivity index (χ0) is 17.2. The third-order valence-corrected chi connectivity index (χ3v) is 4.02. The Balaban J connectivity index is 1.85. The van der Waals surface area contributed by atoms with Crippen LogP contribution in [0.5, 0.6) is 0 Å². The normalized spacial score (nSPS) is 14.2. The number of aryl methyl sites for hydroxylation is 1. The molecular formula is C18H28N4O2. The maximum Gasteiger partial charge on any atom is 0.270 e. The third kappa shape index (κ3) is 6.28. The van der Waals surface area contributed by atoms with Gasteiger partial charge in [-0.15, -0.1) is 0 Å². The summed E-state index contributed by atoms with van der Waals surface area (Å²) in [4.78, 5) is 20.7. The summed E-state index contributed by atoms with van der Waals surface area (Å²) in [5.41, 5.74) is 1.93. The molecule has 6 nitrogen and oxygen atoms in total. The summed E-state index contributed by atoms with van der Waals surface area (Å²) in [6.07, 6.45) is 9.19. The quantitative estimate of drug-likeness (QED) is 0.537. The first-order valence-electron chi connectivity index (χ1n) is 8.73. The van der Waals surface area contributed by atoms with Crippen molar-refractivity contribution in [3.8, 4) is 0 Å². The van der Waals surface area contributed by atoms with Crippen LogP contribution in [0, 0.1) is 6.92 Å².